The van der Waals surface area contributed by atoms with Crippen LogP contribution in [-0.2, 0) is 14.8 Å². The third-order valence-electron chi connectivity index (χ3n) is 4.00. The number of carbonyl (C=O) groups is 1. The molecule has 3 rings (SSSR count). The summed E-state index contributed by atoms with van der Waals surface area (Å²) in [6.07, 6.45) is 1.59. The molecule has 0 unspecified atom stereocenters. The largest absolute Gasteiger partial charge is 0.323 e. The summed E-state index contributed by atoms with van der Waals surface area (Å²) in [5.41, 5.74) is 1.30. The number of rotatable bonds is 5. The lowest BCUT2D eigenvalue weighted by atomic mass is 10.2. The van der Waals surface area contributed by atoms with Crippen LogP contribution in [0.2, 0.25) is 5.02 Å². The number of hydrogen-bond acceptors (Lipinski definition) is 5. The van der Waals surface area contributed by atoms with Crippen molar-refractivity contribution < 1.29 is 13.2 Å². The number of fused-ring (bicyclic) bond motifs is 1. The molecule has 3 aromatic rings. The van der Waals surface area contributed by atoms with Gasteiger partial charge in [-0.1, -0.05) is 17.7 Å². The molecule has 7 nitrogen and oxygen atoms in total. The van der Waals surface area contributed by atoms with Crippen LogP contribution in [0, 0.1) is 11.3 Å². The topological polar surface area (TPSA) is 103 Å². The van der Waals surface area contributed by atoms with E-state index in [1.165, 1.54) is 31.3 Å². The average Bonchev–Trinajstić information content (AvgIpc) is 2.67. The fourth-order valence-corrected chi connectivity index (χ4v) is 3.96. The van der Waals surface area contributed by atoms with Crippen LogP contribution in [0.15, 0.2) is 59.6 Å². The number of anilines is 1. The summed E-state index contributed by atoms with van der Waals surface area (Å²) in [5, 5.41) is 12.7. The smallest absolute Gasteiger partial charge is 0.243 e. The molecular formula is C19H15ClN4O3S. The summed E-state index contributed by atoms with van der Waals surface area (Å²) in [6.45, 7) is -0.400. The zero-order valence-corrected chi connectivity index (χ0v) is 16.3. The maximum atomic E-state index is 12.6. The number of pyridine rings is 1. The monoisotopic (exact) mass is 414 g/mol. The molecule has 0 saturated heterocycles. The van der Waals surface area contributed by atoms with Gasteiger partial charge in [0.1, 0.15) is 0 Å². The first-order chi connectivity index (χ1) is 13.3. The van der Waals surface area contributed by atoms with E-state index in [-0.39, 0.29) is 4.90 Å². The predicted octanol–water partition coefficient (Wildman–Crippen LogP) is 3.02. The van der Waals surface area contributed by atoms with Crippen molar-refractivity contribution in [3.05, 3.63) is 65.3 Å². The lowest BCUT2D eigenvalue weighted by molar-refractivity contribution is -0.116. The summed E-state index contributed by atoms with van der Waals surface area (Å²) in [6, 6.07) is 14.2. The lowest BCUT2D eigenvalue weighted by Crippen LogP contribution is -2.35. The van der Waals surface area contributed by atoms with Crippen LogP contribution in [0.1, 0.15) is 5.56 Å². The molecule has 1 aromatic heterocycles. The van der Waals surface area contributed by atoms with E-state index in [9.17, 15) is 13.2 Å². The van der Waals surface area contributed by atoms with E-state index in [0.717, 1.165) is 9.69 Å². The first-order valence-corrected chi connectivity index (χ1v) is 9.93. The van der Waals surface area contributed by atoms with Crippen LogP contribution in [0.25, 0.3) is 10.9 Å². The quantitative estimate of drug-likeness (QED) is 0.691. The van der Waals surface area contributed by atoms with Gasteiger partial charge in [0.25, 0.3) is 0 Å². The van der Waals surface area contributed by atoms with Crippen LogP contribution >= 0.6 is 11.6 Å². The molecule has 28 heavy (non-hydrogen) atoms. The normalized spacial score (nSPS) is 11.4. The molecule has 0 atom stereocenters. The van der Waals surface area contributed by atoms with Crippen LogP contribution < -0.4 is 5.32 Å². The van der Waals surface area contributed by atoms with Gasteiger partial charge in [-0.15, -0.1) is 0 Å². The van der Waals surface area contributed by atoms with Crippen molar-refractivity contribution in [1.29, 1.82) is 5.26 Å². The van der Waals surface area contributed by atoms with Crippen LogP contribution in [0.4, 0.5) is 5.69 Å². The highest BCUT2D eigenvalue weighted by Crippen LogP contribution is 2.26. The molecular weight excluding hydrogens is 400 g/mol. The minimum Gasteiger partial charge on any atom is -0.323 e. The standard InChI is InChI=1S/C19H15ClN4O3S/c1-24(28(26,27)16-6-4-13(11-21)5-7-16)12-18(25)23-17-10-15(20)9-14-3-2-8-22-19(14)17/h2-10H,12H2,1H3,(H,23,25). The van der Waals surface area contributed by atoms with Crippen molar-refractivity contribution in [2.75, 3.05) is 18.9 Å². The lowest BCUT2D eigenvalue weighted by Gasteiger charge is -2.17. The maximum Gasteiger partial charge on any atom is 0.243 e. The summed E-state index contributed by atoms with van der Waals surface area (Å²) in [5.74, 6) is -0.533. The molecule has 0 bridgehead atoms. The molecule has 1 amide bonds. The Labute approximate surface area is 167 Å². The minimum atomic E-state index is -3.88. The van der Waals surface area contributed by atoms with Crippen molar-refractivity contribution in [3.63, 3.8) is 0 Å². The Morgan fingerprint density at radius 3 is 2.64 bits per heavy atom. The Morgan fingerprint density at radius 1 is 1.25 bits per heavy atom. The highest BCUT2D eigenvalue weighted by atomic mass is 35.5. The molecule has 0 aliphatic carbocycles. The van der Waals surface area contributed by atoms with Crippen molar-refractivity contribution in [3.8, 4) is 6.07 Å². The number of nitrogens with one attached hydrogen (secondary N) is 1. The number of aromatic nitrogens is 1. The first kappa shape index (κ1) is 19.8. The van der Waals surface area contributed by atoms with Gasteiger partial charge in [0.15, 0.2) is 0 Å². The Kier molecular flexibility index (Phi) is 5.61. The van der Waals surface area contributed by atoms with Gasteiger partial charge < -0.3 is 5.32 Å². The molecule has 1 N–H and O–H groups in total. The van der Waals surface area contributed by atoms with Crippen molar-refractivity contribution in [1.82, 2.24) is 9.29 Å². The molecule has 0 aliphatic rings. The summed E-state index contributed by atoms with van der Waals surface area (Å²) < 4.78 is 26.2. The third kappa shape index (κ3) is 4.12. The van der Waals surface area contributed by atoms with E-state index in [1.54, 1.807) is 24.4 Å². The second kappa shape index (κ2) is 7.94. The van der Waals surface area contributed by atoms with Crippen molar-refractivity contribution in [2.24, 2.45) is 0 Å². The Hall–Kier alpha value is -2.99. The minimum absolute atomic E-state index is 0.00308. The molecule has 0 aliphatic heterocycles. The summed E-state index contributed by atoms with van der Waals surface area (Å²) in [4.78, 5) is 16.7. The summed E-state index contributed by atoms with van der Waals surface area (Å²) in [7, 11) is -2.57. The van der Waals surface area contributed by atoms with E-state index in [0.29, 0.717) is 21.8 Å². The second-order valence-corrected chi connectivity index (χ2v) is 8.46. The molecule has 9 heteroatoms. The van der Waals surface area contributed by atoms with Gasteiger partial charge in [-0.2, -0.15) is 9.57 Å². The van der Waals surface area contributed by atoms with Crippen LogP contribution in [0.5, 0.6) is 0 Å². The van der Waals surface area contributed by atoms with Gasteiger partial charge in [-0.05, 0) is 42.5 Å². The molecule has 0 saturated carbocycles. The Balaban J connectivity index is 1.78. The zero-order valence-electron chi connectivity index (χ0n) is 14.8. The van der Waals surface area contributed by atoms with E-state index in [2.05, 4.69) is 10.3 Å². The highest BCUT2D eigenvalue weighted by Gasteiger charge is 2.23. The number of likely N-dealkylation sites (N-methyl/N-ethyl adjacent to an activating group) is 1. The van der Waals surface area contributed by atoms with E-state index < -0.39 is 22.5 Å². The molecule has 0 radical (unpaired) electrons. The van der Waals surface area contributed by atoms with E-state index in [4.69, 9.17) is 16.9 Å². The third-order valence-corrected chi connectivity index (χ3v) is 6.04. The van der Waals surface area contributed by atoms with Gasteiger partial charge in [-0.3, -0.25) is 9.78 Å². The molecule has 0 spiro atoms. The van der Waals surface area contributed by atoms with Gasteiger partial charge in [-0.25, -0.2) is 8.42 Å². The van der Waals surface area contributed by atoms with Gasteiger partial charge in [0.05, 0.1) is 34.3 Å². The summed E-state index contributed by atoms with van der Waals surface area (Å²) >= 11 is 6.08. The fourth-order valence-electron chi connectivity index (χ4n) is 2.61. The first-order valence-electron chi connectivity index (χ1n) is 8.12. The molecule has 0 fully saturated rings. The second-order valence-electron chi connectivity index (χ2n) is 5.97. The molecule has 142 valence electrons. The van der Waals surface area contributed by atoms with Gasteiger partial charge in [0.2, 0.25) is 15.9 Å². The van der Waals surface area contributed by atoms with Crippen LogP contribution in [0.3, 0.4) is 0 Å². The fraction of sp³-hybridized carbons (Fsp3) is 0.105. The van der Waals surface area contributed by atoms with E-state index >= 15 is 0 Å². The van der Waals surface area contributed by atoms with Gasteiger partial charge in [0, 0.05) is 23.7 Å². The number of benzene rings is 2. The number of amides is 1. The predicted molar refractivity (Wildman–Crippen MR) is 106 cm³/mol. The number of nitriles is 1. The molecule has 2 aromatic carbocycles. The van der Waals surface area contributed by atoms with Crippen LogP contribution in [-0.4, -0.2) is 37.2 Å². The Morgan fingerprint density at radius 2 is 1.96 bits per heavy atom. The highest BCUT2D eigenvalue weighted by molar-refractivity contribution is 7.89. The number of hydrogen-bond donors (Lipinski definition) is 1. The number of nitrogens with zero attached hydrogens (tertiary/aromatic N) is 3. The number of halogens is 1. The molecule has 1 heterocycles. The number of carbonyl (C=O) groups excluding carboxylic acids is 1. The van der Waals surface area contributed by atoms with Crippen molar-refractivity contribution in [2.45, 2.75) is 4.90 Å². The maximum absolute atomic E-state index is 12.6. The zero-order chi connectivity index (χ0) is 20.3. The average molecular weight is 415 g/mol. The number of sulfonamides is 1. The van der Waals surface area contributed by atoms with Gasteiger partial charge >= 0.3 is 0 Å². The van der Waals surface area contributed by atoms with E-state index in [1.807, 2.05) is 12.1 Å². The SMILES string of the molecule is CN(CC(=O)Nc1cc(Cl)cc2cccnc12)S(=O)(=O)c1ccc(C#N)cc1. The van der Waals surface area contributed by atoms with Crippen molar-refractivity contribution >= 4 is 44.1 Å². The Bertz CT molecular complexity index is 1190.